The Balaban J connectivity index is 2.54. The zero-order chi connectivity index (χ0) is 13.3. The van der Waals surface area contributed by atoms with Gasteiger partial charge in [0.15, 0.2) is 0 Å². The summed E-state index contributed by atoms with van der Waals surface area (Å²) in [5, 5.41) is 0. The predicted octanol–water partition coefficient (Wildman–Crippen LogP) is 5.16. The topological polar surface area (TPSA) is 26.0 Å². The van der Waals surface area contributed by atoms with Crippen LogP contribution in [-0.2, 0) is 0 Å². The molecule has 0 aliphatic carbocycles. The van der Waals surface area contributed by atoms with E-state index >= 15 is 0 Å². The van der Waals surface area contributed by atoms with Gasteiger partial charge in [-0.1, -0.05) is 53.9 Å². The van der Waals surface area contributed by atoms with Crippen LogP contribution in [0.15, 0.2) is 49.8 Å². The van der Waals surface area contributed by atoms with E-state index in [4.69, 9.17) is 5.73 Å². The molecule has 2 aromatic carbocycles. The van der Waals surface area contributed by atoms with Crippen molar-refractivity contribution in [1.29, 1.82) is 0 Å². The van der Waals surface area contributed by atoms with Crippen LogP contribution in [0, 0.1) is 5.82 Å². The minimum Gasteiger partial charge on any atom is -0.320 e. The Bertz CT molecular complexity index is 566. The zero-order valence-electron chi connectivity index (χ0n) is 9.13. The summed E-state index contributed by atoms with van der Waals surface area (Å²) in [6.07, 6.45) is 0. The Morgan fingerprint density at radius 1 is 1.00 bits per heavy atom. The van der Waals surface area contributed by atoms with Gasteiger partial charge in [0.1, 0.15) is 5.82 Å². The van der Waals surface area contributed by atoms with Gasteiger partial charge in [-0.2, -0.15) is 0 Å². The van der Waals surface area contributed by atoms with Crippen molar-refractivity contribution in [3.05, 3.63) is 66.8 Å². The van der Waals surface area contributed by atoms with Gasteiger partial charge in [-0.15, -0.1) is 0 Å². The van der Waals surface area contributed by atoms with Gasteiger partial charge >= 0.3 is 0 Å². The van der Waals surface area contributed by atoms with E-state index in [0.717, 1.165) is 14.5 Å². The summed E-state index contributed by atoms with van der Waals surface area (Å²) in [7, 11) is 0. The normalized spacial score (nSPS) is 12.5. The Morgan fingerprint density at radius 3 is 2.39 bits per heavy atom. The summed E-state index contributed by atoms with van der Waals surface area (Å²) in [6.45, 7) is 0. The first-order valence-corrected chi connectivity index (χ1v) is 7.53. The molecule has 0 saturated heterocycles. The molecule has 0 fully saturated rings. The highest BCUT2D eigenvalue weighted by atomic mass is 79.9. The summed E-state index contributed by atoms with van der Waals surface area (Å²) in [6, 6.07) is 9.97. The lowest BCUT2D eigenvalue weighted by Gasteiger charge is -2.17. The van der Waals surface area contributed by atoms with E-state index in [9.17, 15) is 4.39 Å². The van der Waals surface area contributed by atoms with E-state index in [1.54, 1.807) is 12.1 Å². The largest absolute Gasteiger partial charge is 0.320 e. The third-order valence-corrected chi connectivity index (χ3v) is 4.51. The van der Waals surface area contributed by atoms with Crippen LogP contribution in [0.25, 0.3) is 0 Å². The number of nitrogens with two attached hydrogens (primary N) is 1. The lowest BCUT2D eigenvalue weighted by Crippen LogP contribution is -2.15. The molecule has 0 amide bonds. The molecule has 1 unspecified atom stereocenters. The summed E-state index contributed by atoms with van der Waals surface area (Å²) >= 11 is 10.2. The molecular formula is C13H9Br3FN. The maximum atomic E-state index is 13.9. The number of halogens is 4. The van der Waals surface area contributed by atoms with Crippen LogP contribution in [0.1, 0.15) is 17.2 Å². The highest BCUT2D eigenvalue weighted by Gasteiger charge is 2.19. The van der Waals surface area contributed by atoms with Crippen LogP contribution in [-0.4, -0.2) is 0 Å². The maximum Gasteiger partial charge on any atom is 0.129 e. The lowest BCUT2D eigenvalue weighted by molar-refractivity contribution is 0.597. The van der Waals surface area contributed by atoms with Crippen molar-refractivity contribution in [2.24, 2.45) is 5.73 Å². The highest BCUT2D eigenvalue weighted by Crippen LogP contribution is 2.34. The fourth-order valence-electron chi connectivity index (χ4n) is 1.72. The van der Waals surface area contributed by atoms with Gasteiger partial charge in [-0.3, -0.25) is 0 Å². The molecule has 0 aromatic heterocycles. The van der Waals surface area contributed by atoms with Crippen molar-refractivity contribution in [3.63, 3.8) is 0 Å². The molecule has 94 valence electrons. The summed E-state index contributed by atoms with van der Waals surface area (Å²) < 4.78 is 16.3. The van der Waals surface area contributed by atoms with Crippen molar-refractivity contribution in [2.75, 3.05) is 0 Å². The van der Waals surface area contributed by atoms with Crippen molar-refractivity contribution in [2.45, 2.75) is 6.04 Å². The number of hydrogen-bond acceptors (Lipinski definition) is 1. The lowest BCUT2D eigenvalue weighted by atomic mass is 9.99. The van der Waals surface area contributed by atoms with Crippen LogP contribution in [0.2, 0.25) is 0 Å². The second kappa shape index (κ2) is 5.82. The molecule has 0 aliphatic rings. The molecule has 0 spiro atoms. The van der Waals surface area contributed by atoms with E-state index in [1.165, 1.54) is 6.07 Å². The monoisotopic (exact) mass is 435 g/mol. The number of rotatable bonds is 2. The third-order valence-electron chi connectivity index (χ3n) is 2.60. The second-order valence-electron chi connectivity index (χ2n) is 3.78. The Labute approximate surface area is 130 Å². The molecule has 5 heteroatoms. The molecule has 0 heterocycles. The molecule has 1 atom stereocenters. The van der Waals surface area contributed by atoms with Crippen molar-refractivity contribution < 1.29 is 4.39 Å². The van der Waals surface area contributed by atoms with Crippen LogP contribution in [0.3, 0.4) is 0 Å². The fourth-order valence-corrected chi connectivity index (χ4v) is 3.18. The molecular weight excluding hydrogens is 429 g/mol. The van der Waals surface area contributed by atoms with Crippen LogP contribution in [0.4, 0.5) is 4.39 Å². The average molecular weight is 438 g/mol. The average Bonchev–Trinajstić information content (AvgIpc) is 2.32. The molecule has 2 rings (SSSR count). The molecule has 0 aliphatic heterocycles. The first-order chi connectivity index (χ1) is 8.50. The van der Waals surface area contributed by atoms with Crippen LogP contribution >= 0.6 is 47.8 Å². The van der Waals surface area contributed by atoms with Crippen LogP contribution in [0.5, 0.6) is 0 Å². The minimum absolute atomic E-state index is 0.316. The predicted molar refractivity (Wildman–Crippen MR) is 82.0 cm³/mol. The Hall–Kier alpha value is -0.230. The summed E-state index contributed by atoms with van der Waals surface area (Å²) in [5.74, 6) is -0.316. The first kappa shape index (κ1) is 14.2. The molecule has 2 aromatic rings. The molecule has 0 saturated carbocycles. The van der Waals surface area contributed by atoms with Gasteiger partial charge in [0.05, 0.1) is 6.04 Å². The molecule has 0 radical (unpaired) electrons. The van der Waals surface area contributed by atoms with E-state index in [-0.39, 0.29) is 5.82 Å². The summed E-state index contributed by atoms with van der Waals surface area (Å²) in [5.41, 5.74) is 7.45. The van der Waals surface area contributed by atoms with E-state index < -0.39 is 6.04 Å². The van der Waals surface area contributed by atoms with Crippen molar-refractivity contribution >= 4 is 47.8 Å². The van der Waals surface area contributed by atoms with E-state index in [1.807, 2.05) is 18.2 Å². The third kappa shape index (κ3) is 2.85. The first-order valence-electron chi connectivity index (χ1n) is 5.15. The Kier molecular flexibility index (Phi) is 4.59. The van der Waals surface area contributed by atoms with Gasteiger partial charge in [0, 0.05) is 19.0 Å². The van der Waals surface area contributed by atoms with Gasteiger partial charge in [0.25, 0.3) is 0 Å². The molecule has 0 bridgehead atoms. The number of benzene rings is 2. The molecule has 18 heavy (non-hydrogen) atoms. The maximum absolute atomic E-state index is 13.9. The molecule has 2 N–H and O–H groups in total. The van der Waals surface area contributed by atoms with Gasteiger partial charge < -0.3 is 5.73 Å². The van der Waals surface area contributed by atoms with Crippen molar-refractivity contribution in [3.8, 4) is 0 Å². The quantitative estimate of drug-likeness (QED) is 0.689. The second-order valence-corrected chi connectivity index (χ2v) is 6.40. The number of hydrogen-bond donors (Lipinski definition) is 1. The van der Waals surface area contributed by atoms with E-state index in [0.29, 0.717) is 10.0 Å². The summed E-state index contributed by atoms with van der Waals surface area (Å²) in [4.78, 5) is 0. The SMILES string of the molecule is NC(c1cc(Br)ccc1Br)c1c(F)cccc1Br. The van der Waals surface area contributed by atoms with Gasteiger partial charge in [-0.25, -0.2) is 4.39 Å². The van der Waals surface area contributed by atoms with Crippen LogP contribution < -0.4 is 5.73 Å². The Morgan fingerprint density at radius 2 is 1.72 bits per heavy atom. The van der Waals surface area contributed by atoms with Gasteiger partial charge in [-0.05, 0) is 35.9 Å². The smallest absolute Gasteiger partial charge is 0.129 e. The zero-order valence-corrected chi connectivity index (χ0v) is 13.9. The molecule has 1 nitrogen and oxygen atoms in total. The minimum atomic E-state index is -0.535. The highest BCUT2D eigenvalue weighted by molar-refractivity contribution is 9.11. The van der Waals surface area contributed by atoms with Crippen molar-refractivity contribution in [1.82, 2.24) is 0 Å². The van der Waals surface area contributed by atoms with E-state index in [2.05, 4.69) is 47.8 Å². The van der Waals surface area contributed by atoms with Gasteiger partial charge in [0.2, 0.25) is 0 Å². The fraction of sp³-hybridized carbons (Fsp3) is 0.0769. The standard InChI is InChI=1S/C13H9Br3FN/c14-7-4-5-9(15)8(6-7)13(18)12-10(16)2-1-3-11(12)17/h1-6,13H,18H2.